The number of aryl methyl sites for hydroxylation is 1. The van der Waals surface area contributed by atoms with Gasteiger partial charge in [-0.25, -0.2) is 8.78 Å². The number of aromatic nitrogens is 1. The summed E-state index contributed by atoms with van der Waals surface area (Å²) in [6.07, 6.45) is -3.37. The predicted octanol–water partition coefficient (Wildman–Crippen LogP) is 6.18. The monoisotopic (exact) mass is 456 g/mol. The van der Waals surface area contributed by atoms with E-state index in [1.807, 2.05) is 0 Å². The lowest BCUT2D eigenvalue weighted by Gasteiger charge is -2.16. The smallest absolute Gasteiger partial charge is 0.422 e. The van der Waals surface area contributed by atoms with Crippen LogP contribution >= 0.6 is 11.6 Å². The highest BCUT2D eigenvalue weighted by Crippen LogP contribution is 2.33. The second-order valence-corrected chi connectivity index (χ2v) is 6.88. The molecule has 31 heavy (non-hydrogen) atoms. The van der Waals surface area contributed by atoms with Gasteiger partial charge in [-0.15, -0.1) is 0 Å². The van der Waals surface area contributed by atoms with Crippen molar-refractivity contribution in [3.63, 3.8) is 0 Å². The molecule has 1 amide bonds. The molecule has 0 aliphatic carbocycles. The Morgan fingerprint density at radius 3 is 2.48 bits per heavy atom. The highest BCUT2D eigenvalue weighted by atomic mass is 35.5. The van der Waals surface area contributed by atoms with Gasteiger partial charge in [0, 0.05) is 23.0 Å². The first-order valence-electron chi connectivity index (χ1n) is 8.76. The average molecular weight is 457 g/mol. The lowest BCUT2D eigenvalue weighted by Crippen LogP contribution is -2.22. The van der Waals surface area contributed by atoms with E-state index in [1.165, 1.54) is 24.4 Å². The normalized spacial score (nSPS) is 11.3. The van der Waals surface area contributed by atoms with Gasteiger partial charge < -0.3 is 10.1 Å². The Labute approximate surface area is 178 Å². The molecule has 0 radical (unpaired) electrons. The minimum absolute atomic E-state index is 0.120. The summed E-state index contributed by atoms with van der Waals surface area (Å²) in [5.74, 6) is -3.42. The number of para-hydroxylation sites is 1. The molecule has 0 saturated carbocycles. The van der Waals surface area contributed by atoms with Crippen molar-refractivity contribution >= 4 is 23.2 Å². The fourth-order valence-corrected chi connectivity index (χ4v) is 2.87. The fraction of sp³-hybridized carbons (Fsp3) is 0.143. The van der Waals surface area contributed by atoms with Crippen LogP contribution in [0.3, 0.4) is 0 Å². The van der Waals surface area contributed by atoms with E-state index in [9.17, 15) is 26.7 Å². The number of amides is 1. The Morgan fingerprint density at radius 1 is 1.13 bits per heavy atom. The largest absolute Gasteiger partial charge is 0.483 e. The number of carbonyl (C=O) groups excluding carboxylic acids is 1. The van der Waals surface area contributed by atoms with Crippen LogP contribution in [-0.4, -0.2) is 23.7 Å². The molecule has 162 valence electrons. The van der Waals surface area contributed by atoms with Crippen LogP contribution in [-0.2, 0) is 0 Å². The minimum atomic E-state index is -4.71. The van der Waals surface area contributed by atoms with Gasteiger partial charge in [0.25, 0.3) is 5.91 Å². The highest BCUT2D eigenvalue weighted by Gasteiger charge is 2.30. The standard InChI is InChI=1S/C21H14ClF5N2O2/c1-11-5-6-12(9-28-11)13-8-18(31-10-21(25,26)27)14(7-17(13)24)20(30)29-19-15(22)3-2-4-16(19)23/h2-9H,10H2,1H3,(H,29,30). The molecule has 0 saturated heterocycles. The van der Waals surface area contributed by atoms with Gasteiger partial charge in [-0.1, -0.05) is 23.7 Å². The second kappa shape index (κ2) is 8.89. The Morgan fingerprint density at radius 2 is 1.87 bits per heavy atom. The van der Waals surface area contributed by atoms with Crippen molar-refractivity contribution in [1.29, 1.82) is 0 Å². The van der Waals surface area contributed by atoms with Gasteiger partial charge in [0.1, 0.15) is 17.4 Å². The molecule has 4 nitrogen and oxygen atoms in total. The molecule has 0 unspecified atom stereocenters. The summed E-state index contributed by atoms with van der Waals surface area (Å²) in [7, 11) is 0. The van der Waals surface area contributed by atoms with E-state index >= 15 is 0 Å². The zero-order valence-corrected chi connectivity index (χ0v) is 16.6. The number of nitrogens with one attached hydrogen (secondary N) is 1. The van der Waals surface area contributed by atoms with Crippen LogP contribution in [0.5, 0.6) is 5.75 Å². The molecular formula is C21H14ClF5N2O2. The second-order valence-electron chi connectivity index (χ2n) is 6.47. The van der Waals surface area contributed by atoms with E-state index < -0.39 is 47.3 Å². The maximum absolute atomic E-state index is 14.8. The summed E-state index contributed by atoms with van der Waals surface area (Å²) in [4.78, 5) is 16.7. The Bertz CT molecular complexity index is 1100. The summed E-state index contributed by atoms with van der Waals surface area (Å²) in [6, 6.07) is 8.41. The molecule has 0 fully saturated rings. The van der Waals surface area contributed by atoms with Crippen LogP contribution in [0.25, 0.3) is 11.1 Å². The van der Waals surface area contributed by atoms with E-state index in [2.05, 4.69) is 10.3 Å². The third-order valence-corrected chi connectivity index (χ3v) is 4.44. The molecule has 0 aliphatic heterocycles. The number of rotatable bonds is 5. The van der Waals surface area contributed by atoms with Crippen molar-refractivity contribution in [3.05, 3.63) is 76.6 Å². The molecule has 3 aromatic rings. The molecule has 2 aromatic carbocycles. The molecule has 10 heteroatoms. The zero-order valence-electron chi connectivity index (χ0n) is 15.9. The van der Waals surface area contributed by atoms with Gasteiger partial charge in [-0.05, 0) is 37.3 Å². The van der Waals surface area contributed by atoms with Crippen molar-refractivity contribution in [2.45, 2.75) is 13.1 Å². The molecule has 3 rings (SSSR count). The van der Waals surface area contributed by atoms with Crippen molar-refractivity contribution in [1.82, 2.24) is 4.98 Å². The summed E-state index contributed by atoms with van der Waals surface area (Å²) in [5, 5.41) is 2.00. The quantitative estimate of drug-likeness (QED) is 0.466. The van der Waals surface area contributed by atoms with Crippen LogP contribution in [0.15, 0.2) is 48.7 Å². The Balaban J connectivity index is 2.04. The number of carbonyl (C=O) groups is 1. The predicted molar refractivity (Wildman–Crippen MR) is 105 cm³/mol. The third-order valence-electron chi connectivity index (χ3n) is 4.13. The van der Waals surface area contributed by atoms with Crippen LogP contribution in [0.1, 0.15) is 16.1 Å². The van der Waals surface area contributed by atoms with E-state index in [0.717, 1.165) is 12.1 Å². The summed E-state index contributed by atoms with van der Waals surface area (Å²) in [5.41, 5.74) is -0.169. The SMILES string of the molecule is Cc1ccc(-c2cc(OCC(F)(F)F)c(C(=O)Nc3c(F)cccc3Cl)cc2F)cn1. The molecule has 0 aliphatic rings. The van der Waals surface area contributed by atoms with Crippen LogP contribution < -0.4 is 10.1 Å². The minimum Gasteiger partial charge on any atom is -0.483 e. The van der Waals surface area contributed by atoms with Crippen LogP contribution in [0.4, 0.5) is 27.6 Å². The number of hydrogen-bond donors (Lipinski definition) is 1. The highest BCUT2D eigenvalue weighted by molar-refractivity contribution is 6.34. The average Bonchev–Trinajstić information content (AvgIpc) is 2.69. The number of benzene rings is 2. The lowest BCUT2D eigenvalue weighted by atomic mass is 10.0. The van der Waals surface area contributed by atoms with Crippen molar-refractivity contribution < 1.29 is 31.5 Å². The first-order valence-corrected chi connectivity index (χ1v) is 9.14. The van der Waals surface area contributed by atoms with Gasteiger partial charge in [0.05, 0.1) is 16.3 Å². The lowest BCUT2D eigenvalue weighted by molar-refractivity contribution is -0.153. The van der Waals surface area contributed by atoms with E-state index in [-0.39, 0.29) is 16.1 Å². The van der Waals surface area contributed by atoms with Gasteiger partial charge in [-0.3, -0.25) is 9.78 Å². The first-order chi connectivity index (χ1) is 14.5. The summed E-state index contributed by atoms with van der Waals surface area (Å²) < 4.78 is 71.6. The zero-order chi connectivity index (χ0) is 22.8. The maximum Gasteiger partial charge on any atom is 0.422 e. The number of halogens is 6. The number of hydrogen-bond acceptors (Lipinski definition) is 3. The summed E-state index contributed by atoms with van der Waals surface area (Å²) in [6.45, 7) is -0.00968. The van der Waals surface area contributed by atoms with Crippen molar-refractivity contribution in [2.75, 3.05) is 11.9 Å². The molecule has 1 heterocycles. The molecular weight excluding hydrogens is 443 g/mol. The topological polar surface area (TPSA) is 51.2 Å². The van der Waals surface area contributed by atoms with E-state index in [4.69, 9.17) is 16.3 Å². The Hall–Kier alpha value is -3.20. The fourth-order valence-electron chi connectivity index (χ4n) is 2.66. The van der Waals surface area contributed by atoms with E-state index in [0.29, 0.717) is 11.8 Å². The van der Waals surface area contributed by atoms with Gasteiger partial charge >= 0.3 is 6.18 Å². The molecule has 0 bridgehead atoms. The molecule has 1 N–H and O–H groups in total. The van der Waals surface area contributed by atoms with E-state index in [1.54, 1.807) is 13.0 Å². The number of ether oxygens (including phenoxy) is 1. The van der Waals surface area contributed by atoms with Crippen LogP contribution in [0, 0.1) is 18.6 Å². The molecule has 0 spiro atoms. The third kappa shape index (κ3) is 5.49. The van der Waals surface area contributed by atoms with Crippen molar-refractivity contribution in [2.24, 2.45) is 0 Å². The molecule has 0 atom stereocenters. The first kappa shape index (κ1) is 22.5. The number of pyridine rings is 1. The summed E-state index contributed by atoms with van der Waals surface area (Å²) >= 11 is 5.86. The maximum atomic E-state index is 14.8. The van der Waals surface area contributed by atoms with Crippen LogP contribution in [0.2, 0.25) is 5.02 Å². The van der Waals surface area contributed by atoms with Gasteiger partial charge in [-0.2, -0.15) is 13.2 Å². The molecule has 1 aromatic heterocycles. The number of anilines is 1. The Kier molecular flexibility index (Phi) is 6.45. The number of alkyl halides is 3. The van der Waals surface area contributed by atoms with Gasteiger partial charge in [0.2, 0.25) is 0 Å². The number of nitrogens with zero attached hydrogens (tertiary/aromatic N) is 1. The van der Waals surface area contributed by atoms with Gasteiger partial charge in [0.15, 0.2) is 6.61 Å². The van der Waals surface area contributed by atoms with Crippen molar-refractivity contribution in [3.8, 4) is 16.9 Å².